The Morgan fingerprint density at radius 1 is 1.36 bits per heavy atom. The summed E-state index contributed by atoms with van der Waals surface area (Å²) in [6.07, 6.45) is 2.55. The van der Waals surface area contributed by atoms with Crippen molar-refractivity contribution >= 4 is 11.6 Å². The minimum Gasteiger partial charge on any atom is -0.495 e. The van der Waals surface area contributed by atoms with Crippen LogP contribution in [0.3, 0.4) is 0 Å². The molecule has 0 saturated heterocycles. The van der Waals surface area contributed by atoms with Crippen LogP contribution >= 0.6 is 11.6 Å². The summed E-state index contributed by atoms with van der Waals surface area (Å²) in [5.41, 5.74) is 3.04. The first-order valence-corrected chi connectivity index (χ1v) is 5.29. The molecule has 2 heteroatoms. The molecule has 1 aliphatic rings. The third-order valence-electron chi connectivity index (χ3n) is 3.15. The molecular weight excluding hydrogens is 196 g/mol. The van der Waals surface area contributed by atoms with Gasteiger partial charge in [-0.3, -0.25) is 0 Å². The fourth-order valence-electron chi connectivity index (χ4n) is 1.92. The highest BCUT2D eigenvalue weighted by Gasteiger charge is 2.40. The molecule has 2 rings (SSSR count). The molecule has 0 aromatic heterocycles. The molecule has 0 N–H and O–H groups in total. The van der Waals surface area contributed by atoms with E-state index in [1.54, 1.807) is 7.11 Å². The van der Waals surface area contributed by atoms with E-state index in [0.29, 0.717) is 5.41 Å². The van der Waals surface area contributed by atoms with Crippen LogP contribution in [0.15, 0.2) is 12.1 Å². The molecule has 1 nitrogen and oxygen atoms in total. The van der Waals surface area contributed by atoms with Gasteiger partial charge < -0.3 is 4.74 Å². The normalized spacial score (nSPS) is 18.0. The van der Waals surface area contributed by atoms with Gasteiger partial charge in [0.1, 0.15) is 5.75 Å². The zero-order valence-electron chi connectivity index (χ0n) is 8.86. The summed E-state index contributed by atoms with van der Waals surface area (Å²) >= 11 is 6.11. The zero-order chi connectivity index (χ0) is 10.3. The summed E-state index contributed by atoms with van der Waals surface area (Å²) < 4.78 is 5.18. The van der Waals surface area contributed by atoms with E-state index in [9.17, 15) is 0 Å². The first-order chi connectivity index (χ1) is 6.57. The minimum atomic E-state index is 0.375. The van der Waals surface area contributed by atoms with Gasteiger partial charge in [0.05, 0.1) is 12.1 Å². The molecule has 76 valence electrons. The van der Waals surface area contributed by atoms with Gasteiger partial charge in [-0.1, -0.05) is 18.5 Å². The van der Waals surface area contributed by atoms with Gasteiger partial charge in [-0.05, 0) is 48.4 Å². The molecule has 0 amide bonds. The number of hydrogen-bond donors (Lipinski definition) is 0. The number of hydrogen-bond acceptors (Lipinski definition) is 1. The lowest BCUT2D eigenvalue weighted by Gasteiger charge is -2.15. The number of halogens is 1. The van der Waals surface area contributed by atoms with Crippen molar-refractivity contribution in [3.63, 3.8) is 0 Å². The molecule has 0 aliphatic heterocycles. The van der Waals surface area contributed by atoms with Gasteiger partial charge in [-0.15, -0.1) is 0 Å². The highest BCUT2D eigenvalue weighted by atomic mass is 35.5. The van der Waals surface area contributed by atoms with E-state index in [1.165, 1.54) is 24.0 Å². The summed E-state index contributed by atoms with van der Waals surface area (Å²) in [5, 5.41) is 0.723. The molecule has 0 heterocycles. The summed E-state index contributed by atoms with van der Waals surface area (Å²) in [6.45, 7) is 4.41. The van der Waals surface area contributed by atoms with Gasteiger partial charge in [0.15, 0.2) is 0 Å². The van der Waals surface area contributed by atoms with Gasteiger partial charge in [0.2, 0.25) is 0 Å². The Bertz CT molecular complexity index is 367. The molecule has 1 aromatic carbocycles. The molecule has 0 bridgehead atoms. The van der Waals surface area contributed by atoms with Gasteiger partial charge in [-0.25, -0.2) is 0 Å². The largest absolute Gasteiger partial charge is 0.495 e. The average molecular weight is 211 g/mol. The Labute approximate surface area is 90.0 Å². The van der Waals surface area contributed by atoms with Crippen molar-refractivity contribution in [2.45, 2.75) is 32.1 Å². The quantitative estimate of drug-likeness (QED) is 0.723. The molecule has 1 fully saturated rings. The van der Waals surface area contributed by atoms with Crippen molar-refractivity contribution in [2.24, 2.45) is 0 Å². The van der Waals surface area contributed by atoms with Crippen molar-refractivity contribution < 1.29 is 4.74 Å². The topological polar surface area (TPSA) is 9.23 Å². The van der Waals surface area contributed by atoms with Crippen LogP contribution in [0.5, 0.6) is 5.75 Å². The van der Waals surface area contributed by atoms with Gasteiger partial charge >= 0.3 is 0 Å². The highest BCUT2D eigenvalue weighted by molar-refractivity contribution is 6.32. The smallest absolute Gasteiger partial charge is 0.137 e. The van der Waals surface area contributed by atoms with Gasteiger partial charge in [-0.2, -0.15) is 0 Å². The standard InChI is InChI=1S/C12H15ClO/c1-8-6-11(14-3)10(13)7-9(8)12(2)4-5-12/h6-7H,4-5H2,1-3H3. The lowest BCUT2D eigenvalue weighted by Crippen LogP contribution is -2.03. The minimum absolute atomic E-state index is 0.375. The van der Waals surface area contributed by atoms with E-state index in [-0.39, 0.29) is 0 Å². The number of rotatable bonds is 2. The first kappa shape index (κ1) is 9.85. The van der Waals surface area contributed by atoms with Gasteiger partial charge in [0.25, 0.3) is 0 Å². The van der Waals surface area contributed by atoms with Crippen molar-refractivity contribution in [2.75, 3.05) is 7.11 Å². The van der Waals surface area contributed by atoms with Gasteiger partial charge in [0, 0.05) is 0 Å². The fraction of sp³-hybridized carbons (Fsp3) is 0.500. The zero-order valence-corrected chi connectivity index (χ0v) is 9.61. The molecule has 1 saturated carbocycles. The summed E-state index contributed by atoms with van der Waals surface area (Å²) in [4.78, 5) is 0. The fourth-order valence-corrected chi connectivity index (χ4v) is 2.16. The lowest BCUT2D eigenvalue weighted by molar-refractivity contribution is 0.414. The predicted molar refractivity (Wildman–Crippen MR) is 59.3 cm³/mol. The first-order valence-electron chi connectivity index (χ1n) is 4.91. The number of aryl methyl sites for hydroxylation is 1. The Balaban J connectivity index is 2.48. The predicted octanol–water partition coefficient (Wildman–Crippen LogP) is 3.71. The van der Waals surface area contributed by atoms with E-state index in [4.69, 9.17) is 16.3 Å². The van der Waals surface area contributed by atoms with Crippen molar-refractivity contribution in [1.82, 2.24) is 0 Å². The van der Waals surface area contributed by atoms with E-state index in [2.05, 4.69) is 19.9 Å². The highest BCUT2D eigenvalue weighted by Crippen LogP contribution is 2.50. The average Bonchev–Trinajstić information content (AvgIpc) is 2.88. The van der Waals surface area contributed by atoms with Crippen LogP contribution in [0, 0.1) is 6.92 Å². The van der Waals surface area contributed by atoms with E-state index < -0.39 is 0 Å². The Hall–Kier alpha value is -0.690. The Kier molecular flexibility index (Phi) is 2.23. The van der Waals surface area contributed by atoms with Crippen molar-refractivity contribution in [1.29, 1.82) is 0 Å². The molecule has 14 heavy (non-hydrogen) atoms. The third-order valence-corrected chi connectivity index (χ3v) is 3.44. The summed E-state index contributed by atoms with van der Waals surface area (Å²) in [7, 11) is 1.65. The van der Waals surface area contributed by atoms with Crippen LogP contribution in [0.25, 0.3) is 0 Å². The second-order valence-electron chi connectivity index (χ2n) is 4.36. The molecule has 1 aliphatic carbocycles. The maximum absolute atomic E-state index is 6.11. The second kappa shape index (κ2) is 3.16. The van der Waals surface area contributed by atoms with Crippen LogP contribution in [-0.2, 0) is 5.41 Å². The summed E-state index contributed by atoms with van der Waals surface area (Å²) in [5.74, 6) is 0.775. The Morgan fingerprint density at radius 3 is 2.50 bits per heavy atom. The van der Waals surface area contributed by atoms with Crippen LogP contribution in [0.1, 0.15) is 30.9 Å². The Morgan fingerprint density at radius 2 is 2.00 bits per heavy atom. The summed E-state index contributed by atoms with van der Waals surface area (Å²) in [6, 6.07) is 4.09. The maximum atomic E-state index is 6.11. The lowest BCUT2D eigenvalue weighted by atomic mass is 9.94. The van der Waals surface area contributed by atoms with E-state index >= 15 is 0 Å². The number of methoxy groups -OCH3 is 1. The van der Waals surface area contributed by atoms with Crippen LogP contribution in [0.2, 0.25) is 5.02 Å². The van der Waals surface area contributed by atoms with Crippen molar-refractivity contribution in [3.05, 3.63) is 28.3 Å². The number of benzene rings is 1. The van der Waals surface area contributed by atoms with Crippen LogP contribution in [-0.4, -0.2) is 7.11 Å². The SMILES string of the molecule is COc1cc(C)c(C2(C)CC2)cc1Cl. The molecule has 0 radical (unpaired) electrons. The molecule has 0 atom stereocenters. The third kappa shape index (κ3) is 1.50. The van der Waals surface area contributed by atoms with E-state index in [0.717, 1.165) is 10.8 Å². The van der Waals surface area contributed by atoms with Crippen LogP contribution < -0.4 is 4.74 Å². The molecule has 0 spiro atoms. The molecule has 1 aromatic rings. The van der Waals surface area contributed by atoms with E-state index in [1.807, 2.05) is 6.07 Å². The van der Waals surface area contributed by atoms with Crippen molar-refractivity contribution in [3.8, 4) is 5.75 Å². The molecule has 0 unspecified atom stereocenters. The second-order valence-corrected chi connectivity index (χ2v) is 4.77. The molecular formula is C12H15ClO. The monoisotopic (exact) mass is 210 g/mol. The maximum Gasteiger partial charge on any atom is 0.137 e. The van der Waals surface area contributed by atoms with Crippen LogP contribution in [0.4, 0.5) is 0 Å². The number of ether oxygens (including phenoxy) is 1.